The van der Waals surface area contributed by atoms with Gasteiger partial charge in [-0.15, -0.1) is 11.3 Å². The van der Waals surface area contributed by atoms with Crippen LogP contribution >= 0.6 is 11.3 Å². The van der Waals surface area contributed by atoms with Crippen molar-refractivity contribution < 1.29 is 9.18 Å². The maximum atomic E-state index is 13.3. The van der Waals surface area contributed by atoms with Crippen LogP contribution in [0.4, 0.5) is 4.39 Å². The van der Waals surface area contributed by atoms with Gasteiger partial charge in [0.25, 0.3) is 5.91 Å². The molecule has 2 fully saturated rings. The van der Waals surface area contributed by atoms with Crippen LogP contribution in [0.25, 0.3) is 10.6 Å². The Morgan fingerprint density at radius 3 is 2.88 bits per heavy atom. The molecule has 2 aromatic rings. The number of rotatable bonds is 2. The first-order valence-electron chi connectivity index (χ1n) is 9.27. The minimum absolute atomic E-state index is 0.0184. The largest absolute Gasteiger partial charge is 0.333 e. The monoisotopic (exact) mass is 373 g/mol. The number of hydrogen-bond donors (Lipinski definition) is 1. The quantitative estimate of drug-likeness (QED) is 0.865. The van der Waals surface area contributed by atoms with Crippen LogP contribution < -0.4 is 5.32 Å². The number of carbonyl (C=O) groups is 1. The molecular weight excluding hydrogens is 349 g/mol. The van der Waals surface area contributed by atoms with Crippen molar-refractivity contribution in [3.63, 3.8) is 0 Å². The zero-order chi connectivity index (χ0) is 18.3. The summed E-state index contributed by atoms with van der Waals surface area (Å²) in [6, 6.07) is 6.53. The van der Waals surface area contributed by atoms with Crippen LogP contribution in [-0.4, -0.2) is 40.5 Å². The van der Waals surface area contributed by atoms with Gasteiger partial charge in [0.1, 0.15) is 15.7 Å². The van der Waals surface area contributed by atoms with Gasteiger partial charge in [-0.25, -0.2) is 9.37 Å². The highest BCUT2D eigenvalue weighted by Gasteiger charge is 2.44. The van der Waals surface area contributed by atoms with E-state index in [9.17, 15) is 9.18 Å². The third-order valence-corrected chi connectivity index (χ3v) is 6.93. The molecule has 138 valence electrons. The fourth-order valence-corrected chi connectivity index (χ4v) is 5.35. The molecule has 0 aliphatic carbocycles. The van der Waals surface area contributed by atoms with Gasteiger partial charge in [-0.2, -0.15) is 0 Å². The highest BCUT2D eigenvalue weighted by Crippen LogP contribution is 2.36. The maximum Gasteiger partial charge on any atom is 0.266 e. The van der Waals surface area contributed by atoms with Crippen LogP contribution in [0.2, 0.25) is 0 Å². The molecule has 1 aromatic heterocycles. The second-order valence-electron chi connectivity index (χ2n) is 7.54. The standard InChI is InChI=1S/C20H24FN3OS/c1-13-17(26-18(23-13)14-6-8-15(21)9-7-14)19(25)24-12-4-10-20(2)16(24)5-3-11-22-20/h6-9,16,22H,3-5,10-12H2,1-2H3/t16-,20+/m1/s1. The van der Waals surface area contributed by atoms with Crippen molar-refractivity contribution in [1.29, 1.82) is 0 Å². The van der Waals surface area contributed by atoms with Crippen molar-refractivity contribution in [2.45, 2.75) is 51.1 Å². The van der Waals surface area contributed by atoms with E-state index in [0.29, 0.717) is 4.88 Å². The number of aromatic nitrogens is 1. The Kier molecular flexibility index (Phi) is 4.57. The molecule has 0 bridgehead atoms. The number of piperidine rings is 2. The van der Waals surface area contributed by atoms with Crippen molar-refractivity contribution >= 4 is 17.2 Å². The predicted octanol–water partition coefficient (Wildman–Crippen LogP) is 4.00. The van der Waals surface area contributed by atoms with E-state index in [2.05, 4.69) is 22.1 Å². The van der Waals surface area contributed by atoms with Gasteiger partial charge < -0.3 is 10.2 Å². The van der Waals surface area contributed by atoms with Gasteiger partial charge in [0.05, 0.1) is 5.69 Å². The molecule has 1 amide bonds. The lowest BCUT2D eigenvalue weighted by Gasteiger charge is -2.51. The predicted molar refractivity (Wildman–Crippen MR) is 102 cm³/mol. The number of carbonyl (C=O) groups excluding carboxylic acids is 1. The molecule has 2 aliphatic heterocycles. The zero-order valence-electron chi connectivity index (χ0n) is 15.2. The van der Waals surface area contributed by atoms with Crippen molar-refractivity contribution in [3.8, 4) is 10.6 Å². The average Bonchev–Trinajstić information content (AvgIpc) is 3.02. The molecule has 2 aliphatic rings. The lowest BCUT2D eigenvalue weighted by atomic mass is 9.78. The molecule has 0 spiro atoms. The summed E-state index contributed by atoms with van der Waals surface area (Å²) in [5, 5.41) is 4.41. The summed E-state index contributed by atoms with van der Waals surface area (Å²) in [4.78, 5) is 20.7. The van der Waals surface area contributed by atoms with Crippen LogP contribution in [0.3, 0.4) is 0 Å². The summed E-state index contributed by atoms with van der Waals surface area (Å²) in [7, 11) is 0. The fraction of sp³-hybridized carbons (Fsp3) is 0.500. The third kappa shape index (κ3) is 3.05. The number of hydrogen-bond acceptors (Lipinski definition) is 4. The molecule has 4 nitrogen and oxygen atoms in total. The van der Waals surface area contributed by atoms with Crippen molar-refractivity contribution in [2.24, 2.45) is 0 Å². The molecule has 2 saturated heterocycles. The maximum absolute atomic E-state index is 13.3. The molecule has 0 unspecified atom stereocenters. The average molecular weight is 373 g/mol. The van der Waals surface area contributed by atoms with Crippen LogP contribution in [-0.2, 0) is 0 Å². The molecule has 1 aromatic carbocycles. The summed E-state index contributed by atoms with van der Waals surface area (Å²) in [6.07, 6.45) is 4.29. The Hall–Kier alpha value is -1.79. The Balaban J connectivity index is 1.63. The van der Waals surface area contributed by atoms with E-state index >= 15 is 0 Å². The van der Waals surface area contributed by atoms with E-state index in [4.69, 9.17) is 0 Å². The summed E-state index contributed by atoms with van der Waals surface area (Å²) in [5.74, 6) is -0.177. The van der Waals surface area contributed by atoms with Gasteiger partial charge in [0, 0.05) is 23.7 Å². The first-order valence-corrected chi connectivity index (χ1v) is 10.1. The SMILES string of the molecule is Cc1nc(-c2ccc(F)cc2)sc1C(=O)N1CCC[C@]2(C)NCCC[C@@H]12. The Bertz CT molecular complexity index is 815. The first-order chi connectivity index (χ1) is 12.5. The molecule has 4 rings (SSSR count). The van der Waals surface area contributed by atoms with Crippen LogP contribution in [0, 0.1) is 12.7 Å². The molecule has 0 saturated carbocycles. The molecule has 0 radical (unpaired) electrons. The molecule has 1 N–H and O–H groups in total. The van der Waals surface area contributed by atoms with Gasteiger partial charge in [0.2, 0.25) is 0 Å². The van der Waals surface area contributed by atoms with Crippen molar-refractivity contribution in [2.75, 3.05) is 13.1 Å². The molecule has 6 heteroatoms. The number of thiazole rings is 1. The smallest absolute Gasteiger partial charge is 0.266 e. The Labute approximate surface area is 157 Å². The van der Waals surface area contributed by atoms with E-state index < -0.39 is 0 Å². The summed E-state index contributed by atoms with van der Waals surface area (Å²) in [6.45, 7) is 5.98. The van der Waals surface area contributed by atoms with Gasteiger partial charge >= 0.3 is 0 Å². The zero-order valence-corrected chi connectivity index (χ0v) is 16.0. The summed E-state index contributed by atoms with van der Waals surface area (Å²) in [5.41, 5.74) is 1.63. The summed E-state index contributed by atoms with van der Waals surface area (Å²) >= 11 is 1.41. The van der Waals surface area contributed by atoms with E-state index in [1.807, 2.05) is 6.92 Å². The highest BCUT2D eigenvalue weighted by molar-refractivity contribution is 7.17. The van der Waals surface area contributed by atoms with E-state index in [1.165, 1.54) is 23.5 Å². The Morgan fingerprint density at radius 2 is 2.12 bits per heavy atom. The van der Waals surface area contributed by atoms with Crippen LogP contribution in [0.15, 0.2) is 24.3 Å². The van der Waals surface area contributed by atoms with Crippen LogP contribution in [0.5, 0.6) is 0 Å². The van der Waals surface area contributed by atoms with Crippen molar-refractivity contribution in [1.82, 2.24) is 15.2 Å². The Morgan fingerprint density at radius 1 is 1.35 bits per heavy atom. The van der Waals surface area contributed by atoms with Gasteiger partial charge in [-0.3, -0.25) is 4.79 Å². The highest BCUT2D eigenvalue weighted by atomic mass is 32.1. The number of benzene rings is 1. The number of amides is 1. The second-order valence-corrected chi connectivity index (χ2v) is 8.54. The first kappa shape index (κ1) is 17.6. The second kappa shape index (κ2) is 6.74. The summed E-state index contributed by atoms with van der Waals surface area (Å²) < 4.78 is 13.2. The number of nitrogens with zero attached hydrogens (tertiary/aromatic N) is 2. The van der Waals surface area contributed by atoms with E-state index in [1.54, 1.807) is 12.1 Å². The minimum atomic E-state index is -0.268. The third-order valence-electron chi connectivity index (χ3n) is 5.73. The van der Waals surface area contributed by atoms with Gasteiger partial charge in [-0.05, 0) is 70.3 Å². The van der Waals surface area contributed by atoms with E-state index in [-0.39, 0.29) is 23.3 Å². The topological polar surface area (TPSA) is 45.2 Å². The molecule has 3 heterocycles. The van der Waals surface area contributed by atoms with Gasteiger partial charge in [-0.1, -0.05) is 0 Å². The number of fused-ring (bicyclic) bond motifs is 1. The molecule has 26 heavy (non-hydrogen) atoms. The number of nitrogens with one attached hydrogen (secondary N) is 1. The van der Waals surface area contributed by atoms with Crippen LogP contribution in [0.1, 0.15) is 48.0 Å². The minimum Gasteiger partial charge on any atom is -0.333 e. The fourth-order valence-electron chi connectivity index (χ4n) is 4.32. The lowest BCUT2D eigenvalue weighted by Crippen LogP contribution is -2.65. The molecular formula is C20H24FN3OS. The molecule has 2 atom stereocenters. The van der Waals surface area contributed by atoms with Gasteiger partial charge in [0.15, 0.2) is 0 Å². The number of aryl methyl sites for hydroxylation is 1. The normalized spacial score (nSPS) is 25.8. The van der Waals surface area contributed by atoms with E-state index in [0.717, 1.165) is 55.0 Å². The number of halogens is 1. The number of likely N-dealkylation sites (tertiary alicyclic amines) is 1. The lowest BCUT2D eigenvalue weighted by molar-refractivity contribution is 0.0256. The van der Waals surface area contributed by atoms with Crippen molar-refractivity contribution in [3.05, 3.63) is 40.7 Å².